The topological polar surface area (TPSA) is 57.4 Å². The summed E-state index contributed by atoms with van der Waals surface area (Å²) in [7, 11) is -3.22. The number of para-hydroxylation sites is 6. The molecule has 0 bridgehead atoms. The molecule has 0 unspecified atom stereocenters. The molecule has 5 aromatic heterocycles. The van der Waals surface area contributed by atoms with Crippen LogP contribution in [0.2, 0.25) is 0 Å². The Morgan fingerprint density at radius 3 is 1.44 bits per heavy atom. The minimum absolute atomic E-state index is 0.590. The monoisotopic (exact) mass is 747 g/mol. The Labute approximate surface area is 328 Å². The molecule has 0 amide bonds. The molecule has 0 saturated carbocycles. The van der Waals surface area contributed by atoms with Gasteiger partial charge < -0.3 is 0 Å². The molecule has 0 aliphatic rings. The highest BCUT2D eigenvalue weighted by Crippen LogP contribution is 2.32. The average Bonchev–Trinajstić information content (AvgIpc) is 4.01. The molecule has 12 rings (SSSR count). The molecule has 5 heterocycles. The van der Waals surface area contributed by atoms with Crippen molar-refractivity contribution in [1.82, 2.24) is 32.9 Å². The fourth-order valence-corrected chi connectivity index (χ4v) is 13.6. The molecule has 7 aromatic carbocycles. The highest BCUT2D eigenvalue weighted by molar-refractivity contribution is 7.19. The average molecular weight is 748 g/mol. The number of imidazole rings is 2. The first-order valence-electron chi connectivity index (χ1n) is 19.2. The largest absolute Gasteiger partial charge is 0.294 e. The van der Waals surface area contributed by atoms with Gasteiger partial charge in [-0.25, -0.2) is 15.0 Å². The number of aromatic nitrogens is 7. The highest BCUT2D eigenvalue weighted by Gasteiger charge is 2.45. The number of benzene rings is 7. The van der Waals surface area contributed by atoms with Crippen molar-refractivity contribution >= 4 is 84.2 Å². The van der Waals surface area contributed by atoms with Gasteiger partial charge in [-0.1, -0.05) is 133 Å². The first kappa shape index (κ1) is 31.8. The van der Waals surface area contributed by atoms with E-state index in [1.807, 2.05) is 0 Å². The van der Waals surface area contributed by atoms with E-state index in [1.54, 1.807) is 6.33 Å². The van der Waals surface area contributed by atoms with Crippen molar-refractivity contribution in [3.05, 3.63) is 200 Å². The summed E-state index contributed by atoms with van der Waals surface area (Å²) in [5, 5.41) is 5.94. The molecule has 0 aliphatic heterocycles. The number of fused-ring (bicyclic) bond motifs is 10. The molecule has 8 heteroatoms. The predicted molar refractivity (Wildman–Crippen MR) is 234 cm³/mol. The highest BCUT2D eigenvalue weighted by atomic mass is 28.3. The van der Waals surface area contributed by atoms with E-state index in [0.29, 0.717) is 5.95 Å². The van der Waals surface area contributed by atoms with E-state index in [0.717, 1.165) is 49.9 Å². The fourth-order valence-electron chi connectivity index (χ4n) is 9.25. The van der Waals surface area contributed by atoms with Gasteiger partial charge in [0.05, 0.1) is 33.1 Å². The van der Waals surface area contributed by atoms with Crippen LogP contribution in [0.3, 0.4) is 0 Å². The molecule has 57 heavy (non-hydrogen) atoms. The van der Waals surface area contributed by atoms with Gasteiger partial charge in [0.25, 0.3) is 0 Å². The summed E-state index contributed by atoms with van der Waals surface area (Å²) in [4.78, 5) is 15.7. The van der Waals surface area contributed by atoms with Crippen molar-refractivity contribution < 1.29 is 0 Å². The Morgan fingerprint density at radius 2 is 0.842 bits per heavy atom. The Hall–Kier alpha value is -7.55. The number of rotatable bonds is 6. The zero-order valence-electron chi connectivity index (χ0n) is 30.7. The summed E-state index contributed by atoms with van der Waals surface area (Å²) < 4.78 is 9.27. The second-order valence-electron chi connectivity index (χ2n) is 14.6. The van der Waals surface area contributed by atoms with E-state index in [4.69, 9.17) is 15.0 Å². The van der Waals surface area contributed by atoms with Crippen molar-refractivity contribution in [1.29, 1.82) is 0 Å². The predicted octanol–water partition coefficient (Wildman–Crippen LogP) is 7.95. The minimum Gasteiger partial charge on any atom is -0.294 e. The molecular formula is C49H33N7Si. The van der Waals surface area contributed by atoms with Gasteiger partial charge in [-0.15, -0.1) is 0 Å². The van der Waals surface area contributed by atoms with Crippen LogP contribution in [0.5, 0.6) is 0 Å². The second kappa shape index (κ2) is 12.2. The minimum atomic E-state index is -3.22. The van der Waals surface area contributed by atoms with Crippen molar-refractivity contribution in [2.45, 2.75) is 0 Å². The maximum absolute atomic E-state index is 5.59. The third-order valence-electron chi connectivity index (χ3n) is 11.6. The van der Waals surface area contributed by atoms with Crippen LogP contribution in [0.4, 0.5) is 0 Å². The fraction of sp³-hybridized carbons (Fsp3) is 0. The SMILES string of the molecule is c1ccc([Si](c2ccccc2)(c2cccc(-n3c4ccccc4n4c5ccccc5cc34)c2)c2ncnc(-n3c4ccccc4n4c5ccccc5cc34)n2)cc1. The van der Waals surface area contributed by atoms with Gasteiger partial charge in [-0.3, -0.25) is 17.9 Å². The molecule has 12 aromatic rings. The first-order chi connectivity index (χ1) is 28.3. The van der Waals surface area contributed by atoms with Gasteiger partial charge in [0.15, 0.2) is 0 Å². The number of hydrogen-bond donors (Lipinski definition) is 0. The summed E-state index contributed by atoms with van der Waals surface area (Å²) >= 11 is 0. The van der Waals surface area contributed by atoms with E-state index in [1.165, 1.54) is 32.0 Å². The zero-order valence-corrected chi connectivity index (χ0v) is 31.7. The van der Waals surface area contributed by atoms with E-state index in [2.05, 4.69) is 212 Å². The summed E-state index contributed by atoms with van der Waals surface area (Å²) in [6.07, 6.45) is 1.71. The lowest BCUT2D eigenvalue weighted by molar-refractivity contribution is 0.953. The van der Waals surface area contributed by atoms with E-state index >= 15 is 0 Å². The normalized spacial score (nSPS) is 12.2. The van der Waals surface area contributed by atoms with Crippen LogP contribution in [0, 0.1) is 0 Å². The summed E-state index contributed by atoms with van der Waals surface area (Å²) in [6.45, 7) is 0. The van der Waals surface area contributed by atoms with E-state index in [-0.39, 0.29) is 0 Å². The molecule has 0 spiro atoms. The van der Waals surface area contributed by atoms with Crippen LogP contribution < -0.4 is 21.0 Å². The van der Waals surface area contributed by atoms with Gasteiger partial charge in [0, 0.05) is 16.5 Å². The summed E-state index contributed by atoms with van der Waals surface area (Å²) in [6, 6.07) is 69.6. The lowest BCUT2D eigenvalue weighted by Crippen LogP contribution is -2.76. The van der Waals surface area contributed by atoms with Gasteiger partial charge in [-0.05, 0) is 76.2 Å². The zero-order chi connectivity index (χ0) is 37.5. The maximum Gasteiger partial charge on any atom is 0.238 e. The molecule has 7 nitrogen and oxygen atoms in total. The van der Waals surface area contributed by atoms with E-state index < -0.39 is 8.07 Å². The quantitative estimate of drug-likeness (QED) is 0.128. The maximum atomic E-state index is 5.59. The van der Waals surface area contributed by atoms with Crippen LogP contribution in [0.15, 0.2) is 200 Å². The van der Waals surface area contributed by atoms with Crippen molar-refractivity contribution in [3.8, 4) is 11.6 Å². The van der Waals surface area contributed by atoms with Crippen molar-refractivity contribution in [2.75, 3.05) is 0 Å². The first-order valence-corrected chi connectivity index (χ1v) is 21.2. The second-order valence-corrected chi connectivity index (χ2v) is 18.3. The smallest absolute Gasteiger partial charge is 0.238 e. The molecule has 0 fully saturated rings. The summed E-state index contributed by atoms with van der Waals surface area (Å²) in [5.41, 5.74) is 10.8. The van der Waals surface area contributed by atoms with E-state index in [9.17, 15) is 0 Å². The molecule has 0 atom stereocenters. The van der Waals surface area contributed by atoms with Crippen LogP contribution in [-0.2, 0) is 0 Å². The van der Waals surface area contributed by atoms with Gasteiger partial charge in [0.2, 0.25) is 14.0 Å². The lowest BCUT2D eigenvalue weighted by Gasteiger charge is -2.32. The van der Waals surface area contributed by atoms with Crippen molar-refractivity contribution in [3.63, 3.8) is 0 Å². The van der Waals surface area contributed by atoms with Crippen LogP contribution in [0.25, 0.3) is 66.8 Å². The molecule has 268 valence electrons. The molecule has 0 radical (unpaired) electrons. The van der Waals surface area contributed by atoms with Crippen LogP contribution >= 0.6 is 0 Å². The molecule has 0 saturated heterocycles. The van der Waals surface area contributed by atoms with Crippen molar-refractivity contribution in [2.24, 2.45) is 0 Å². The number of nitrogens with zero attached hydrogens (tertiary/aromatic N) is 7. The Bertz CT molecular complexity index is 3250. The lowest BCUT2D eigenvalue weighted by atomic mass is 10.2. The Balaban J connectivity index is 1.16. The number of hydrogen-bond acceptors (Lipinski definition) is 3. The standard InChI is InChI=1S/C49H33N7Si/c1-3-19-37(20-4-1)57(38-21-5-2-6-22-38,39-23-15-18-36(32-39)53-42-26-11-12-27-43(42)54-40-24-9-7-16-34(40)30-46(53)54)49-51-33-50-48(52-49)56-45-29-14-13-28-44(45)55-41-25-10-8-17-35(41)31-47(55)56/h1-33H. The molecule has 0 aliphatic carbocycles. The molecular weight excluding hydrogens is 715 g/mol. The Kier molecular flexibility index (Phi) is 6.81. The van der Waals surface area contributed by atoms with Gasteiger partial charge >= 0.3 is 0 Å². The van der Waals surface area contributed by atoms with Gasteiger partial charge in [-0.2, -0.15) is 0 Å². The van der Waals surface area contributed by atoms with Crippen LogP contribution in [0.1, 0.15) is 0 Å². The van der Waals surface area contributed by atoms with Crippen LogP contribution in [-0.4, -0.2) is 41.0 Å². The Morgan fingerprint density at radius 1 is 0.368 bits per heavy atom. The third kappa shape index (κ3) is 4.50. The van der Waals surface area contributed by atoms with Gasteiger partial charge in [0.1, 0.15) is 23.1 Å². The molecule has 0 N–H and O–H groups in total. The summed E-state index contributed by atoms with van der Waals surface area (Å²) in [5.74, 6) is 0.590. The third-order valence-corrected chi connectivity index (χ3v) is 16.1.